The van der Waals surface area contributed by atoms with E-state index >= 15 is 0 Å². The average Bonchev–Trinajstić information content (AvgIpc) is 4.13. The molecule has 0 saturated carbocycles. The topological polar surface area (TPSA) is 291 Å². The maximum absolute atomic E-state index is 14.3. The van der Waals surface area contributed by atoms with Gasteiger partial charge in [-0.15, -0.1) is 0 Å². The highest BCUT2D eigenvalue weighted by Crippen LogP contribution is 2.29. The van der Waals surface area contributed by atoms with Crippen LogP contribution in [0.15, 0.2) is 78.3 Å². The highest BCUT2D eigenvalue weighted by atomic mass is 32.2. The molecule has 20 nitrogen and oxygen atoms in total. The van der Waals surface area contributed by atoms with Gasteiger partial charge in [0.05, 0.1) is 39.1 Å². The van der Waals surface area contributed by atoms with E-state index in [1.807, 2.05) is 49.5 Å². The number of allylic oxidation sites excluding steroid dienone is 1. The molecule has 6 amide bonds. The van der Waals surface area contributed by atoms with Crippen LogP contribution in [0.25, 0.3) is 16.5 Å². The van der Waals surface area contributed by atoms with Crippen LogP contribution in [0.1, 0.15) is 61.4 Å². The summed E-state index contributed by atoms with van der Waals surface area (Å²) in [6.07, 6.45) is 11.7. The highest BCUT2D eigenvalue weighted by Gasteiger charge is 2.27. The number of hydrogen-bond acceptors (Lipinski definition) is 11. The number of H-pyrrole nitrogens is 2. The van der Waals surface area contributed by atoms with Crippen molar-refractivity contribution in [1.29, 1.82) is 0 Å². The molecule has 1 aliphatic carbocycles. The number of amides is 6. The van der Waals surface area contributed by atoms with Crippen molar-refractivity contribution in [3.63, 3.8) is 0 Å². The van der Waals surface area contributed by atoms with Gasteiger partial charge in [-0.2, -0.15) is 11.8 Å². The van der Waals surface area contributed by atoms with Gasteiger partial charge in [0.1, 0.15) is 6.04 Å². The number of aromatic nitrogens is 3. The summed E-state index contributed by atoms with van der Waals surface area (Å²) in [6, 6.07) is 14.9. The fourth-order valence-electron chi connectivity index (χ4n) is 8.30. The smallest absolute Gasteiger partial charge is 0.242 e. The zero-order valence-corrected chi connectivity index (χ0v) is 41.6. The first-order valence-corrected chi connectivity index (χ1v) is 25.4. The third-order valence-electron chi connectivity index (χ3n) is 12.1. The summed E-state index contributed by atoms with van der Waals surface area (Å²) < 4.78 is 0. The minimum atomic E-state index is -0.918. The number of nitrogens with two attached hydrogens (primary N) is 3. The predicted molar refractivity (Wildman–Crippen MR) is 276 cm³/mol. The lowest BCUT2D eigenvalue weighted by Crippen LogP contribution is -2.51. The summed E-state index contributed by atoms with van der Waals surface area (Å²) in [5, 5.41) is 6.75. The van der Waals surface area contributed by atoms with Crippen molar-refractivity contribution in [2.24, 2.45) is 22.2 Å². The van der Waals surface area contributed by atoms with Crippen LogP contribution >= 0.6 is 11.8 Å². The van der Waals surface area contributed by atoms with Gasteiger partial charge >= 0.3 is 0 Å². The molecule has 0 fully saturated rings. The summed E-state index contributed by atoms with van der Waals surface area (Å²) in [5.74, 6) is -3.20. The number of fused-ring (bicyclic) bond motifs is 2. The van der Waals surface area contributed by atoms with Crippen LogP contribution < -0.4 is 27.8 Å². The number of thioether (sulfide) groups is 1. The van der Waals surface area contributed by atoms with E-state index in [1.54, 1.807) is 18.8 Å². The monoisotopic (exact) mass is 996 g/mol. The van der Waals surface area contributed by atoms with E-state index in [0.29, 0.717) is 38.6 Å². The largest absolute Gasteiger partial charge is 0.370 e. The number of benzene rings is 2. The standard InChI is InChI=1S/C50H69N13O7S/c1-3-22-60(30-44(65)59-43(33-71-2)49(51)70)47(68)31-62(25-19-37-26-57-42-12-7-6-11-41(37)42)45(66)16-15-39(64)29-61(23-8-20-56-50(52)53)48(69)32-63(46(67)28-54-21-17-38-27-55-34-58-38)24-18-36-14-13-35-9-4-5-10-40(35)36/h4-7,9-12,14,26-27,34,43,54,57H,3,8,13,15-25,28-33H2,1-2H3,(H2,51,70)(H,55,58)(H,59,65)(H4,52,53,56)/t43-/m0/s1. The Morgan fingerprint density at radius 2 is 1.49 bits per heavy atom. The molecule has 71 heavy (non-hydrogen) atoms. The second-order valence-electron chi connectivity index (χ2n) is 17.4. The Balaban J connectivity index is 1.28. The molecule has 1 aliphatic rings. The van der Waals surface area contributed by atoms with Gasteiger partial charge in [-0.25, -0.2) is 4.98 Å². The predicted octanol–water partition coefficient (Wildman–Crippen LogP) is 1.37. The van der Waals surface area contributed by atoms with Crippen molar-refractivity contribution in [3.8, 4) is 0 Å². The van der Waals surface area contributed by atoms with Crippen LogP contribution in [0, 0.1) is 0 Å². The quantitative estimate of drug-likeness (QED) is 0.0208. The summed E-state index contributed by atoms with van der Waals surface area (Å²) in [7, 11) is 0. The van der Waals surface area contributed by atoms with Gasteiger partial charge in [-0.1, -0.05) is 55.5 Å². The fourth-order valence-corrected chi connectivity index (χ4v) is 8.88. The van der Waals surface area contributed by atoms with Crippen molar-refractivity contribution in [1.82, 2.24) is 45.2 Å². The zero-order chi connectivity index (χ0) is 51.1. The number of guanidine groups is 1. The summed E-state index contributed by atoms with van der Waals surface area (Å²) in [5.41, 5.74) is 22.8. The number of nitrogens with zero attached hydrogens (tertiary/aromatic N) is 6. The number of hydrogen-bond donors (Lipinski definition) is 7. The summed E-state index contributed by atoms with van der Waals surface area (Å²) in [6.45, 7) is 1.88. The number of imidazole rings is 1. The number of ketones is 1. The third kappa shape index (κ3) is 17.7. The molecule has 10 N–H and O–H groups in total. The van der Waals surface area contributed by atoms with Gasteiger partial charge in [0.2, 0.25) is 35.4 Å². The molecule has 0 unspecified atom stereocenters. The van der Waals surface area contributed by atoms with Crippen LogP contribution in [-0.2, 0) is 52.8 Å². The van der Waals surface area contributed by atoms with Crippen molar-refractivity contribution in [2.75, 3.05) is 84.0 Å². The van der Waals surface area contributed by atoms with E-state index in [9.17, 15) is 33.6 Å². The van der Waals surface area contributed by atoms with Crippen LogP contribution in [0.3, 0.4) is 0 Å². The molecule has 0 radical (unpaired) electrons. The van der Waals surface area contributed by atoms with Gasteiger partial charge in [0.15, 0.2) is 11.7 Å². The van der Waals surface area contributed by atoms with E-state index in [0.717, 1.165) is 39.7 Å². The van der Waals surface area contributed by atoms with Crippen LogP contribution in [-0.4, -0.2) is 172 Å². The SMILES string of the molecule is CCCN(CC(=O)N[C@@H](CSC)C(N)=O)C(=O)CN(CCc1c[nH]c2ccccc12)C(=O)CCC(=O)CN(CCCN=C(N)N)C(=O)CN(CCC1=CCc2ccccc21)C(=O)CNCCc1cnc[nH]1. The first-order chi connectivity index (χ1) is 34.3. The second-order valence-corrected chi connectivity index (χ2v) is 18.3. The van der Waals surface area contributed by atoms with E-state index in [1.165, 1.54) is 36.9 Å². The van der Waals surface area contributed by atoms with E-state index in [4.69, 9.17) is 17.2 Å². The normalized spacial score (nSPS) is 12.1. The molecule has 2 heterocycles. The molecule has 0 spiro atoms. The number of aliphatic imine (C=N–C) groups is 1. The van der Waals surface area contributed by atoms with E-state index in [-0.39, 0.29) is 95.9 Å². The molecule has 2 aromatic heterocycles. The van der Waals surface area contributed by atoms with Gasteiger partial charge in [0, 0.05) is 93.3 Å². The number of carbonyl (C=O) groups excluding carboxylic acids is 7. The lowest BCUT2D eigenvalue weighted by molar-refractivity contribution is -0.143. The third-order valence-corrected chi connectivity index (χ3v) is 12.7. The number of para-hydroxylation sites is 1. The fraction of sp³-hybridized carbons (Fsp3) is 0.460. The number of aromatic amines is 2. The number of nitrogens with one attached hydrogen (secondary N) is 4. The van der Waals surface area contributed by atoms with E-state index in [2.05, 4.69) is 48.8 Å². The van der Waals surface area contributed by atoms with Crippen molar-refractivity contribution in [2.45, 2.75) is 64.3 Å². The molecule has 5 rings (SSSR count). The molecule has 382 valence electrons. The van der Waals surface area contributed by atoms with Crippen molar-refractivity contribution < 1.29 is 33.6 Å². The Hall–Kier alpha value is -7.00. The highest BCUT2D eigenvalue weighted by molar-refractivity contribution is 7.98. The Morgan fingerprint density at radius 3 is 2.21 bits per heavy atom. The molecule has 0 aliphatic heterocycles. The van der Waals surface area contributed by atoms with Gasteiger partial charge in [-0.3, -0.25) is 38.6 Å². The minimum Gasteiger partial charge on any atom is -0.370 e. The van der Waals surface area contributed by atoms with Crippen LogP contribution in [0.5, 0.6) is 0 Å². The van der Waals surface area contributed by atoms with Crippen LogP contribution in [0.2, 0.25) is 0 Å². The Labute approximate surface area is 419 Å². The Bertz CT molecular complexity index is 2490. The molecule has 2 aromatic carbocycles. The summed E-state index contributed by atoms with van der Waals surface area (Å²) in [4.78, 5) is 115. The second kappa shape index (κ2) is 28.6. The van der Waals surface area contributed by atoms with Gasteiger partial charge in [-0.05, 0) is 66.7 Å². The molecule has 0 bridgehead atoms. The Morgan fingerprint density at radius 1 is 0.789 bits per heavy atom. The zero-order valence-electron chi connectivity index (χ0n) is 40.8. The molecule has 0 saturated heterocycles. The molecular formula is C50H69N13O7S. The number of primary amides is 1. The average molecular weight is 996 g/mol. The van der Waals surface area contributed by atoms with Crippen LogP contribution in [0.4, 0.5) is 0 Å². The van der Waals surface area contributed by atoms with Crippen molar-refractivity contribution >= 4 is 75.4 Å². The van der Waals surface area contributed by atoms with E-state index < -0.39 is 41.4 Å². The van der Waals surface area contributed by atoms with Crippen molar-refractivity contribution in [3.05, 3.63) is 95.7 Å². The maximum atomic E-state index is 14.3. The van der Waals surface area contributed by atoms with Gasteiger partial charge in [0.25, 0.3) is 0 Å². The summed E-state index contributed by atoms with van der Waals surface area (Å²) >= 11 is 1.34. The number of carbonyl (C=O) groups is 7. The minimum absolute atomic E-state index is 0.0146. The molecular weight excluding hydrogens is 927 g/mol. The maximum Gasteiger partial charge on any atom is 0.242 e. The molecule has 4 aromatic rings. The lowest BCUT2D eigenvalue weighted by atomic mass is 10.0. The molecule has 21 heteroatoms. The first kappa shape index (κ1) is 54.9. The number of Topliss-reactive ketones (excluding diaryl/α,β-unsaturated/α-hetero) is 1. The number of rotatable bonds is 32. The molecule has 1 atom stereocenters. The van der Waals surface area contributed by atoms with Gasteiger partial charge < -0.3 is 57.4 Å². The first-order valence-electron chi connectivity index (χ1n) is 24.0. The lowest BCUT2D eigenvalue weighted by Gasteiger charge is -2.28. The Kier molecular flexibility index (Phi) is 22.1.